The van der Waals surface area contributed by atoms with E-state index in [2.05, 4.69) is 36.2 Å². The van der Waals surface area contributed by atoms with Gasteiger partial charge >= 0.3 is 0 Å². The molecule has 1 spiro atoms. The SMILES string of the molecule is CCCCN1C(=O)[C@@H]([C@H](O)C(C)C)NC(=O)C12CCN(Cc1ccc(Oc3ccc(C)cc3)cc1)CC2. The third-order valence-electron chi connectivity index (χ3n) is 7.79. The van der Waals surface area contributed by atoms with Gasteiger partial charge in [0.05, 0.1) is 6.10 Å². The number of piperazine rings is 1. The molecule has 4 rings (SSSR count). The summed E-state index contributed by atoms with van der Waals surface area (Å²) in [5, 5.41) is 13.5. The molecular weight excluding hydrogens is 466 g/mol. The van der Waals surface area contributed by atoms with Gasteiger partial charge in [-0.1, -0.05) is 57.0 Å². The van der Waals surface area contributed by atoms with Crippen molar-refractivity contribution in [2.24, 2.45) is 5.92 Å². The number of hydrogen-bond acceptors (Lipinski definition) is 5. The molecule has 2 atom stereocenters. The third-order valence-corrected chi connectivity index (χ3v) is 7.79. The molecule has 2 heterocycles. The van der Waals surface area contributed by atoms with Crippen LogP contribution in [0.5, 0.6) is 11.5 Å². The van der Waals surface area contributed by atoms with E-state index in [0.29, 0.717) is 19.4 Å². The molecule has 2 aromatic rings. The number of aliphatic hydroxyl groups is 1. The zero-order valence-corrected chi connectivity index (χ0v) is 22.6. The van der Waals surface area contributed by atoms with Crippen molar-refractivity contribution in [3.8, 4) is 11.5 Å². The van der Waals surface area contributed by atoms with Crippen molar-refractivity contribution in [2.75, 3.05) is 19.6 Å². The summed E-state index contributed by atoms with van der Waals surface area (Å²) in [6, 6.07) is 15.3. The largest absolute Gasteiger partial charge is 0.457 e. The Labute approximate surface area is 220 Å². The number of unbranched alkanes of at least 4 members (excludes halogenated alkanes) is 1. The van der Waals surface area contributed by atoms with E-state index >= 15 is 0 Å². The van der Waals surface area contributed by atoms with Gasteiger partial charge in [-0.25, -0.2) is 0 Å². The Bertz CT molecular complexity index is 1060. The second-order valence-corrected chi connectivity index (χ2v) is 10.9. The van der Waals surface area contributed by atoms with Crippen LogP contribution in [0.4, 0.5) is 0 Å². The lowest BCUT2D eigenvalue weighted by atomic mass is 9.80. The van der Waals surface area contributed by atoms with Crippen molar-refractivity contribution in [2.45, 2.75) is 77.6 Å². The molecule has 2 aromatic carbocycles. The van der Waals surface area contributed by atoms with Crippen LogP contribution in [0.1, 0.15) is 57.6 Å². The standard InChI is InChI=1S/C30H41N3O4/c1-5-6-17-33-28(35)26(27(34)21(2)3)31-29(36)30(33)15-18-32(19-16-30)20-23-9-13-25(14-10-23)37-24-11-7-22(4)8-12-24/h7-14,21,26-27,34H,5-6,15-20H2,1-4H3,(H,31,36)/t26-,27-/m1/s1. The lowest BCUT2D eigenvalue weighted by Gasteiger charge is -2.52. The molecule has 7 nitrogen and oxygen atoms in total. The summed E-state index contributed by atoms with van der Waals surface area (Å²) in [6.45, 7) is 10.6. The number of aryl methyl sites for hydroxylation is 1. The van der Waals surface area contributed by atoms with Crippen molar-refractivity contribution in [1.29, 1.82) is 0 Å². The molecule has 0 saturated carbocycles. The molecule has 2 aliphatic rings. The Morgan fingerprint density at radius 1 is 1.03 bits per heavy atom. The van der Waals surface area contributed by atoms with Gasteiger partial charge in [0, 0.05) is 26.2 Å². The number of ether oxygens (including phenoxy) is 1. The van der Waals surface area contributed by atoms with E-state index < -0.39 is 17.7 Å². The molecule has 37 heavy (non-hydrogen) atoms. The molecule has 2 amide bonds. The number of hydrogen-bond donors (Lipinski definition) is 2. The summed E-state index contributed by atoms with van der Waals surface area (Å²) >= 11 is 0. The summed E-state index contributed by atoms with van der Waals surface area (Å²) in [4.78, 5) is 31.1. The van der Waals surface area contributed by atoms with Crippen LogP contribution in [0.25, 0.3) is 0 Å². The second-order valence-electron chi connectivity index (χ2n) is 10.9. The molecule has 7 heteroatoms. The van der Waals surface area contributed by atoms with Crippen molar-refractivity contribution in [3.05, 3.63) is 59.7 Å². The highest BCUT2D eigenvalue weighted by molar-refractivity contribution is 6.00. The quantitative estimate of drug-likeness (QED) is 0.530. The number of likely N-dealkylation sites (tertiary alicyclic amines) is 1. The fourth-order valence-electron chi connectivity index (χ4n) is 5.34. The average molecular weight is 508 g/mol. The first-order chi connectivity index (χ1) is 17.7. The van der Waals surface area contributed by atoms with Crippen LogP contribution in [0.15, 0.2) is 48.5 Å². The maximum absolute atomic E-state index is 13.5. The molecule has 0 aliphatic carbocycles. The first-order valence-corrected chi connectivity index (χ1v) is 13.6. The van der Waals surface area contributed by atoms with Crippen LogP contribution >= 0.6 is 0 Å². The Morgan fingerprint density at radius 2 is 1.62 bits per heavy atom. The van der Waals surface area contributed by atoms with Crippen LogP contribution in [-0.4, -0.2) is 64.0 Å². The van der Waals surface area contributed by atoms with Gasteiger partial charge in [0.25, 0.3) is 0 Å². The molecule has 2 saturated heterocycles. The van der Waals surface area contributed by atoms with Crippen molar-refractivity contribution in [3.63, 3.8) is 0 Å². The lowest BCUT2D eigenvalue weighted by Crippen LogP contribution is -2.74. The van der Waals surface area contributed by atoms with E-state index in [1.165, 1.54) is 11.1 Å². The third kappa shape index (κ3) is 5.99. The van der Waals surface area contributed by atoms with Crippen molar-refractivity contribution in [1.82, 2.24) is 15.1 Å². The molecule has 2 N–H and O–H groups in total. The first-order valence-electron chi connectivity index (χ1n) is 13.6. The zero-order chi connectivity index (χ0) is 26.6. The minimum absolute atomic E-state index is 0.119. The molecule has 0 bridgehead atoms. The fourth-order valence-corrected chi connectivity index (χ4v) is 5.34. The van der Waals surface area contributed by atoms with E-state index in [0.717, 1.165) is 44.0 Å². The molecule has 0 unspecified atom stereocenters. The maximum atomic E-state index is 13.5. The van der Waals surface area contributed by atoms with Crippen LogP contribution in [-0.2, 0) is 16.1 Å². The fraction of sp³-hybridized carbons (Fsp3) is 0.533. The highest BCUT2D eigenvalue weighted by atomic mass is 16.5. The maximum Gasteiger partial charge on any atom is 0.248 e. The lowest BCUT2D eigenvalue weighted by molar-refractivity contribution is -0.165. The number of carbonyl (C=O) groups is 2. The van der Waals surface area contributed by atoms with Gasteiger partial charge in [0.1, 0.15) is 23.1 Å². The summed E-state index contributed by atoms with van der Waals surface area (Å²) in [7, 11) is 0. The molecule has 200 valence electrons. The molecule has 2 fully saturated rings. The van der Waals surface area contributed by atoms with Gasteiger partial charge in [-0.05, 0) is 61.9 Å². The smallest absolute Gasteiger partial charge is 0.248 e. The van der Waals surface area contributed by atoms with E-state index in [-0.39, 0.29) is 17.7 Å². The second kappa shape index (κ2) is 11.7. The van der Waals surface area contributed by atoms with Crippen LogP contribution in [0.2, 0.25) is 0 Å². The summed E-state index contributed by atoms with van der Waals surface area (Å²) in [5.41, 5.74) is 1.55. The van der Waals surface area contributed by atoms with E-state index in [4.69, 9.17) is 4.74 Å². The highest BCUT2D eigenvalue weighted by Crippen LogP contribution is 2.35. The summed E-state index contributed by atoms with van der Waals surface area (Å²) in [5.74, 6) is 1.23. The number of amides is 2. The van der Waals surface area contributed by atoms with Crippen LogP contribution < -0.4 is 10.1 Å². The Kier molecular flexibility index (Phi) is 8.55. The predicted octanol–water partition coefficient (Wildman–Crippen LogP) is 4.27. The monoisotopic (exact) mass is 507 g/mol. The van der Waals surface area contributed by atoms with Gasteiger partial charge in [-0.3, -0.25) is 14.5 Å². The van der Waals surface area contributed by atoms with Gasteiger partial charge in [-0.15, -0.1) is 0 Å². The molecule has 0 radical (unpaired) electrons. The Morgan fingerprint density at radius 3 is 2.19 bits per heavy atom. The molecule has 0 aromatic heterocycles. The minimum atomic E-state index is -0.893. The average Bonchev–Trinajstić information content (AvgIpc) is 2.89. The summed E-state index contributed by atoms with van der Waals surface area (Å²) in [6.07, 6.45) is 2.07. The van der Waals surface area contributed by atoms with Gasteiger partial charge in [0.15, 0.2) is 0 Å². The number of aliphatic hydroxyl groups excluding tert-OH is 1. The number of rotatable bonds is 9. The van der Waals surface area contributed by atoms with Crippen molar-refractivity contribution < 1.29 is 19.4 Å². The number of nitrogens with zero attached hydrogens (tertiary/aromatic N) is 2. The Hall–Kier alpha value is -2.90. The topological polar surface area (TPSA) is 82.1 Å². The number of benzene rings is 2. The Balaban J connectivity index is 1.39. The highest BCUT2D eigenvalue weighted by Gasteiger charge is 2.54. The molecule has 2 aliphatic heterocycles. The first kappa shape index (κ1) is 27.1. The summed E-state index contributed by atoms with van der Waals surface area (Å²) < 4.78 is 5.95. The predicted molar refractivity (Wildman–Crippen MR) is 144 cm³/mol. The van der Waals surface area contributed by atoms with E-state index in [1.807, 2.05) is 50.2 Å². The van der Waals surface area contributed by atoms with E-state index in [1.54, 1.807) is 4.90 Å². The number of carbonyl (C=O) groups excluding carboxylic acids is 2. The number of piperidine rings is 1. The van der Waals surface area contributed by atoms with Gasteiger partial charge in [-0.2, -0.15) is 0 Å². The molecular formula is C30H41N3O4. The van der Waals surface area contributed by atoms with Crippen molar-refractivity contribution >= 4 is 11.8 Å². The zero-order valence-electron chi connectivity index (χ0n) is 22.6. The van der Waals surface area contributed by atoms with Gasteiger partial charge < -0.3 is 20.1 Å². The van der Waals surface area contributed by atoms with Gasteiger partial charge in [0.2, 0.25) is 11.8 Å². The normalized spacial score (nSPS) is 20.8. The van der Waals surface area contributed by atoms with Crippen LogP contribution in [0, 0.1) is 12.8 Å². The van der Waals surface area contributed by atoms with E-state index in [9.17, 15) is 14.7 Å². The minimum Gasteiger partial charge on any atom is -0.457 e. The number of nitrogens with one attached hydrogen (secondary N) is 1. The van der Waals surface area contributed by atoms with Crippen LogP contribution in [0.3, 0.4) is 0 Å².